The fourth-order valence-electron chi connectivity index (χ4n) is 21.1. The number of unbranched alkanes of at least 4 members (excludes halogenated alkanes) is 4. The van der Waals surface area contributed by atoms with E-state index in [0.29, 0.717) is 109 Å². The highest BCUT2D eigenvalue weighted by Gasteiger charge is 2.55. The lowest BCUT2D eigenvalue weighted by Gasteiger charge is -2.44. The Labute approximate surface area is 859 Å². The number of methoxy groups -OCH3 is 5. The van der Waals surface area contributed by atoms with Gasteiger partial charge >= 0.3 is 0 Å². The molecule has 1 unspecified atom stereocenters. The van der Waals surface area contributed by atoms with Crippen LogP contribution in [0.3, 0.4) is 0 Å². The zero-order valence-electron chi connectivity index (χ0n) is 87.0. The van der Waals surface area contributed by atoms with Crippen molar-refractivity contribution in [1.82, 2.24) is 25.6 Å². The zero-order chi connectivity index (χ0) is 106. The van der Waals surface area contributed by atoms with Crippen LogP contribution in [-0.4, -0.2) is 199 Å². The van der Waals surface area contributed by atoms with Crippen molar-refractivity contribution < 1.29 is 106 Å². The van der Waals surface area contributed by atoms with Crippen LogP contribution in [-0.2, 0) is 54.0 Å². The van der Waals surface area contributed by atoms with Crippen LogP contribution in [0.5, 0.6) is 51.7 Å². The van der Waals surface area contributed by atoms with Gasteiger partial charge in [0.05, 0.1) is 149 Å². The quantitative estimate of drug-likeness (QED) is 0.0198. The third-order valence-electron chi connectivity index (χ3n) is 29.3. The molecule has 15 rings (SSSR count). The lowest BCUT2D eigenvalue weighted by molar-refractivity contribution is -0.220. The highest BCUT2D eigenvalue weighted by Crippen LogP contribution is 2.56. The molecule has 5 aliphatic heterocycles. The molecule has 790 valence electrons. The number of fused-ring (bicyclic) bond motifs is 5. The maximum Gasteiger partial charge on any atom is 0.204 e. The van der Waals surface area contributed by atoms with Gasteiger partial charge in [0.2, 0.25) is 5.75 Å². The van der Waals surface area contributed by atoms with Gasteiger partial charge in [-0.3, -0.25) is 5.32 Å². The van der Waals surface area contributed by atoms with E-state index in [2.05, 4.69) is 26.1 Å². The van der Waals surface area contributed by atoms with Gasteiger partial charge in [-0.1, -0.05) is 284 Å². The van der Waals surface area contributed by atoms with E-state index in [9.17, 15) is 73.0 Å². The first kappa shape index (κ1) is 115. The first-order chi connectivity index (χ1) is 69.1. The van der Waals surface area contributed by atoms with Crippen molar-refractivity contribution in [3.8, 4) is 51.7 Å². The number of benzene rings is 10. The summed E-state index contributed by atoms with van der Waals surface area (Å²) < 4.78 is 168. The molecule has 5 heterocycles. The van der Waals surface area contributed by atoms with Gasteiger partial charge in [-0.2, -0.15) is 20.3 Å². The Hall–Kier alpha value is -10.2. The van der Waals surface area contributed by atoms with E-state index in [-0.39, 0.29) is 88.2 Å². The first-order valence-corrected chi connectivity index (χ1v) is 58.6. The fourth-order valence-corrected chi connectivity index (χ4v) is 32.2. The second-order valence-electron chi connectivity index (χ2n) is 38.6. The smallest absolute Gasteiger partial charge is 0.204 e. The Kier molecular flexibility index (Phi) is 39.1. The number of ether oxygens (including phenoxy) is 6. The topological polar surface area (TPSA) is 382 Å². The summed E-state index contributed by atoms with van der Waals surface area (Å²) in [6.45, 7) is 23.9. The minimum atomic E-state index is -3.87. The maximum absolute atomic E-state index is 13.9. The molecular formula is C112H149N5O23S5. The predicted molar refractivity (Wildman–Crippen MR) is 564 cm³/mol. The van der Waals surface area contributed by atoms with Crippen LogP contribution in [0, 0.1) is 0 Å². The molecule has 10 aromatic rings. The molecule has 0 amide bonds. The summed E-state index contributed by atoms with van der Waals surface area (Å²) in [6, 6.07) is 62.4. The molecule has 0 saturated heterocycles. The molecule has 28 nitrogen and oxygen atoms in total. The van der Waals surface area contributed by atoms with E-state index < -0.39 is 113 Å². The molecule has 0 bridgehead atoms. The van der Waals surface area contributed by atoms with E-state index in [4.69, 9.17) is 33.3 Å². The lowest BCUT2D eigenvalue weighted by atomic mass is 9.87. The SMILES string of the molecule is CCC1(CC)CS(=O)(=O)c2cc(O)ccc2C(c2ccccc2)N1.CCCC[C@]1(CC)CS(=O)(=O)c2c(cc(OC)c(OC)c2OC)[C@@H](c2ccccc2)N1O.CCCC[C@]1(CC)CS(=O)(=O)c2cc(O)c(O)cc2[C@@H](c2ccccc2)N1O.CCCC[C@]1(CC)CS(=O)(=O)c2cc(OC(C)C)ccc2[C@@H](c2ccccc2)N1O.CCCC[C@]1(CC)CS(=O)(=O)c2cc(OC)c(OC)cc2[C@@H](c2ccccc2)N1OC. The van der Waals surface area contributed by atoms with E-state index in [1.165, 1.54) is 50.7 Å². The number of hydroxylamine groups is 8. The Bertz CT molecular complexity index is 6600. The predicted octanol–water partition coefficient (Wildman–Crippen LogP) is 22.2. The van der Waals surface area contributed by atoms with Gasteiger partial charge in [-0.25, -0.2) is 42.1 Å². The summed E-state index contributed by atoms with van der Waals surface area (Å²) in [7, 11) is -9.40. The Balaban J connectivity index is 0.000000173. The average molecular weight is 2090 g/mol. The van der Waals surface area contributed by atoms with Gasteiger partial charge in [-0.05, 0) is 171 Å². The van der Waals surface area contributed by atoms with Crippen molar-refractivity contribution in [3.63, 3.8) is 0 Å². The van der Waals surface area contributed by atoms with Crippen LogP contribution in [0.15, 0.2) is 243 Å². The molecule has 10 aromatic carbocycles. The summed E-state index contributed by atoms with van der Waals surface area (Å²) in [5, 5.41) is 73.8. The van der Waals surface area contributed by atoms with Crippen molar-refractivity contribution in [2.75, 3.05) is 71.4 Å². The number of hydrogen-bond acceptors (Lipinski definition) is 28. The molecule has 0 aliphatic carbocycles. The molecule has 9 atom stereocenters. The summed E-state index contributed by atoms with van der Waals surface area (Å²) in [5.41, 5.74) is 2.98. The van der Waals surface area contributed by atoms with Gasteiger partial charge in [0.15, 0.2) is 83.7 Å². The number of rotatable bonds is 31. The molecule has 0 fully saturated rings. The molecular weight excluding hydrogens is 1940 g/mol. The number of aromatic hydroxyl groups is 3. The molecule has 0 radical (unpaired) electrons. The summed E-state index contributed by atoms with van der Waals surface area (Å²) in [6.07, 6.45) is 12.9. The van der Waals surface area contributed by atoms with Crippen molar-refractivity contribution in [2.24, 2.45) is 0 Å². The Morgan fingerprint density at radius 3 is 1.09 bits per heavy atom. The second-order valence-corrected chi connectivity index (χ2v) is 48.3. The number of hydrogen-bond donors (Lipinski definition) is 7. The van der Waals surface area contributed by atoms with Gasteiger partial charge in [0.25, 0.3) is 0 Å². The minimum absolute atomic E-state index is 0.0177. The molecule has 0 spiro atoms. The van der Waals surface area contributed by atoms with E-state index in [1.54, 1.807) is 62.8 Å². The number of phenols is 3. The zero-order valence-corrected chi connectivity index (χ0v) is 91.0. The molecule has 33 heteroatoms. The van der Waals surface area contributed by atoms with Gasteiger partial charge in [0.1, 0.15) is 16.4 Å². The van der Waals surface area contributed by atoms with Crippen molar-refractivity contribution in [1.29, 1.82) is 0 Å². The van der Waals surface area contributed by atoms with Gasteiger partial charge in [0, 0.05) is 23.2 Å². The van der Waals surface area contributed by atoms with Crippen molar-refractivity contribution in [2.45, 2.75) is 287 Å². The lowest BCUT2D eigenvalue weighted by Crippen LogP contribution is -2.52. The number of phenolic OH excluding ortho intramolecular Hbond substituents is 3. The molecule has 7 N–H and O–H groups in total. The van der Waals surface area contributed by atoms with Crippen LogP contribution in [0.25, 0.3) is 0 Å². The van der Waals surface area contributed by atoms with Crippen molar-refractivity contribution in [3.05, 3.63) is 274 Å². The number of nitrogens with one attached hydrogen (secondary N) is 1. The normalized spacial score (nSPS) is 23.1. The third-order valence-corrected chi connectivity index (χ3v) is 39.1. The van der Waals surface area contributed by atoms with Gasteiger partial charge in [-0.15, -0.1) is 0 Å². The fraction of sp³-hybridized carbons (Fsp3) is 0.464. The third kappa shape index (κ3) is 24.7. The van der Waals surface area contributed by atoms with E-state index in [1.807, 2.05) is 219 Å². The van der Waals surface area contributed by atoms with Crippen LogP contribution in [0.4, 0.5) is 0 Å². The van der Waals surface area contributed by atoms with Crippen LogP contribution in [0.2, 0.25) is 0 Å². The average Bonchev–Trinajstić information content (AvgIpc) is 1.58. The highest BCUT2D eigenvalue weighted by atomic mass is 32.2. The number of nitrogens with zero attached hydrogens (tertiary/aromatic N) is 4. The second kappa shape index (κ2) is 49.3. The Morgan fingerprint density at radius 2 is 0.683 bits per heavy atom. The van der Waals surface area contributed by atoms with E-state index in [0.717, 1.165) is 91.2 Å². The monoisotopic (exact) mass is 2090 g/mol. The molecule has 0 saturated carbocycles. The summed E-state index contributed by atoms with van der Waals surface area (Å²) >= 11 is 0. The van der Waals surface area contributed by atoms with Crippen LogP contribution < -0.4 is 33.7 Å². The van der Waals surface area contributed by atoms with Crippen LogP contribution >= 0.6 is 0 Å². The summed E-state index contributed by atoms with van der Waals surface area (Å²) in [5.74, 6) is 0.557. The maximum atomic E-state index is 13.9. The standard InChI is InChI=1S/C24H33NO6S.C24H33NO5S.C24H33NO4S.C21H27NO5S.C19H23NO3S/c1-6-8-14-24(7-2)16-32(27,28)23-18(15-19(29-3)21(30-4)22(23)31-5)20(25(24)26)17-12-10-9-11-13-17;1-6-8-14-24(7-2)17-31(26,27)22-16-21(29-4)20(28-3)15-19(22)23(25(24)30-5)18-12-10-9-11-13-18;1-5-7-15-24(6-2)17-30(27,28)22-16-20(29-18(3)4)13-14-21(22)23(25(24)26)19-11-9-8-10-12-19;1-3-5-11-21(4-2)14-28(26,27)19-13-18(24)17(23)12-16(19)20(22(21)25)15-9-7-6-8-10-15;1-3-19(4-2)13-24(22,23)17-12-15(21)10-11-16(17)18(20-19)14-8-6-5-7-9-14/h9-13,15,20,26H,6-8,14,16H2,1-5H3;9-13,15-16,23H,6-8,14,17H2,1-5H3;8-14,16,18,23,26H,5-7,15,17H2,1-4H3;6-10,12-13,20,23-25H,3-5,11,14H2,1-2H3;5-12,18,20-21H,3-4,13H2,1-2H3/t20-,24-;2*23-,24-;20-,21-;/m1111./s1. The minimum Gasteiger partial charge on any atom is -0.508 e. The molecule has 145 heavy (non-hydrogen) atoms. The van der Waals surface area contributed by atoms with E-state index >= 15 is 0 Å². The van der Waals surface area contributed by atoms with Crippen molar-refractivity contribution >= 4 is 49.2 Å². The summed E-state index contributed by atoms with van der Waals surface area (Å²) in [4.78, 5) is 6.76. The van der Waals surface area contributed by atoms with Gasteiger partial charge < -0.3 is 64.2 Å². The first-order valence-electron chi connectivity index (χ1n) is 50.3. The largest absolute Gasteiger partial charge is 0.508 e. The Morgan fingerprint density at radius 1 is 0.338 bits per heavy atom. The number of sulfone groups is 5. The van der Waals surface area contributed by atoms with Crippen LogP contribution in [0.1, 0.15) is 285 Å². The highest BCUT2D eigenvalue weighted by molar-refractivity contribution is 7.92. The molecule has 5 aliphatic rings. The molecule has 0 aromatic heterocycles.